The topological polar surface area (TPSA) is 30.5 Å². The molecular formula is C15H15Br2NO2. The van der Waals surface area contributed by atoms with Crippen LogP contribution in [0.4, 0.5) is 5.69 Å². The lowest BCUT2D eigenvalue weighted by molar-refractivity contribution is 0.412. The van der Waals surface area contributed by atoms with Crippen LogP contribution in [0.3, 0.4) is 0 Å². The van der Waals surface area contributed by atoms with Crippen LogP contribution >= 0.6 is 31.9 Å². The number of anilines is 1. The highest BCUT2D eigenvalue weighted by molar-refractivity contribution is 9.11. The summed E-state index contributed by atoms with van der Waals surface area (Å²) in [5.74, 6) is 1.66. The van der Waals surface area contributed by atoms with Crippen molar-refractivity contribution in [1.82, 2.24) is 0 Å². The van der Waals surface area contributed by atoms with E-state index in [4.69, 9.17) is 9.47 Å². The van der Waals surface area contributed by atoms with Gasteiger partial charge in [0.15, 0.2) is 0 Å². The molecule has 0 radical (unpaired) electrons. The second kappa shape index (κ2) is 6.99. The quantitative estimate of drug-likeness (QED) is 0.778. The summed E-state index contributed by atoms with van der Waals surface area (Å²) in [6, 6.07) is 11.9. The normalized spacial score (nSPS) is 10.2. The van der Waals surface area contributed by atoms with E-state index in [0.717, 1.165) is 31.7 Å². The summed E-state index contributed by atoms with van der Waals surface area (Å²) in [5.41, 5.74) is 2.16. The van der Waals surface area contributed by atoms with Crippen LogP contribution in [0.2, 0.25) is 0 Å². The van der Waals surface area contributed by atoms with E-state index in [9.17, 15) is 0 Å². The summed E-state index contributed by atoms with van der Waals surface area (Å²) < 4.78 is 12.4. The second-order valence-electron chi connectivity index (χ2n) is 4.17. The Hall–Kier alpha value is -1.20. The Morgan fingerprint density at radius 3 is 2.40 bits per heavy atom. The number of ether oxygens (including phenoxy) is 2. The van der Waals surface area contributed by atoms with Crippen molar-refractivity contribution in [2.75, 3.05) is 19.5 Å². The molecule has 2 aromatic carbocycles. The molecule has 0 unspecified atom stereocenters. The maximum absolute atomic E-state index is 5.23. The highest BCUT2D eigenvalue weighted by Gasteiger charge is 2.04. The van der Waals surface area contributed by atoms with E-state index in [2.05, 4.69) is 37.2 Å². The van der Waals surface area contributed by atoms with Gasteiger partial charge in [0.05, 0.1) is 24.4 Å². The average Bonchev–Trinajstić information content (AvgIpc) is 2.46. The van der Waals surface area contributed by atoms with Crippen molar-refractivity contribution >= 4 is 37.5 Å². The third-order valence-corrected chi connectivity index (χ3v) is 4.18. The molecule has 3 nitrogen and oxygen atoms in total. The van der Waals surface area contributed by atoms with Gasteiger partial charge in [-0.25, -0.2) is 0 Å². The summed E-state index contributed by atoms with van der Waals surface area (Å²) >= 11 is 7.01. The van der Waals surface area contributed by atoms with E-state index in [0.29, 0.717) is 6.54 Å². The van der Waals surface area contributed by atoms with Crippen molar-refractivity contribution < 1.29 is 9.47 Å². The van der Waals surface area contributed by atoms with Gasteiger partial charge >= 0.3 is 0 Å². The number of hydrogen-bond donors (Lipinski definition) is 1. The maximum Gasteiger partial charge on any atom is 0.133 e. The van der Waals surface area contributed by atoms with Crippen molar-refractivity contribution in [1.29, 1.82) is 0 Å². The molecule has 2 rings (SSSR count). The van der Waals surface area contributed by atoms with E-state index >= 15 is 0 Å². The molecule has 0 bridgehead atoms. The first-order valence-corrected chi connectivity index (χ1v) is 7.62. The molecule has 0 heterocycles. The SMILES string of the molecule is COc1ccc(Br)c(NCc2ccc(OC)c(Br)c2)c1. The number of halogens is 2. The van der Waals surface area contributed by atoms with Crippen LogP contribution in [-0.4, -0.2) is 14.2 Å². The third-order valence-electron chi connectivity index (χ3n) is 2.87. The fourth-order valence-electron chi connectivity index (χ4n) is 1.78. The summed E-state index contributed by atoms with van der Waals surface area (Å²) in [7, 11) is 3.32. The number of hydrogen-bond acceptors (Lipinski definition) is 3. The first-order valence-electron chi connectivity index (χ1n) is 6.04. The van der Waals surface area contributed by atoms with Crippen LogP contribution in [0.5, 0.6) is 11.5 Å². The number of methoxy groups -OCH3 is 2. The maximum atomic E-state index is 5.23. The summed E-state index contributed by atoms with van der Waals surface area (Å²) in [4.78, 5) is 0. The second-order valence-corrected chi connectivity index (χ2v) is 5.88. The molecule has 0 fully saturated rings. The fourth-order valence-corrected chi connectivity index (χ4v) is 2.76. The van der Waals surface area contributed by atoms with Gasteiger partial charge in [-0.3, -0.25) is 0 Å². The minimum atomic E-state index is 0.717. The van der Waals surface area contributed by atoms with Crippen LogP contribution < -0.4 is 14.8 Å². The molecule has 0 aliphatic carbocycles. The zero-order valence-electron chi connectivity index (χ0n) is 11.2. The Bertz CT molecular complexity index is 602. The van der Waals surface area contributed by atoms with Crippen LogP contribution in [0.15, 0.2) is 45.3 Å². The van der Waals surface area contributed by atoms with Gasteiger partial charge < -0.3 is 14.8 Å². The van der Waals surface area contributed by atoms with Gasteiger partial charge in [0.1, 0.15) is 11.5 Å². The van der Waals surface area contributed by atoms with Crippen molar-refractivity contribution in [3.05, 3.63) is 50.9 Å². The van der Waals surface area contributed by atoms with Gasteiger partial charge in [-0.2, -0.15) is 0 Å². The van der Waals surface area contributed by atoms with Gasteiger partial charge in [0.25, 0.3) is 0 Å². The molecule has 0 atom stereocenters. The Morgan fingerprint density at radius 1 is 0.950 bits per heavy atom. The van der Waals surface area contributed by atoms with E-state index in [1.54, 1.807) is 14.2 Å². The Kier molecular flexibility index (Phi) is 5.31. The Morgan fingerprint density at radius 2 is 1.75 bits per heavy atom. The van der Waals surface area contributed by atoms with E-state index in [1.807, 2.05) is 36.4 Å². The van der Waals surface area contributed by atoms with Gasteiger partial charge in [-0.05, 0) is 61.7 Å². The predicted octanol–water partition coefficient (Wildman–Crippen LogP) is 4.84. The van der Waals surface area contributed by atoms with Crippen molar-refractivity contribution in [3.8, 4) is 11.5 Å². The molecule has 0 aromatic heterocycles. The summed E-state index contributed by atoms with van der Waals surface area (Å²) in [6.07, 6.45) is 0. The molecule has 0 saturated heterocycles. The molecule has 2 aromatic rings. The first-order chi connectivity index (χ1) is 9.63. The third kappa shape index (κ3) is 3.67. The standard InChI is InChI=1S/C15H15Br2NO2/c1-19-11-4-5-12(16)14(8-11)18-9-10-3-6-15(20-2)13(17)7-10/h3-8,18H,9H2,1-2H3. The Labute approximate surface area is 135 Å². The van der Waals surface area contributed by atoms with Crippen LogP contribution in [-0.2, 0) is 6.54 Å². The molecule has 1 N–H and O–H groups in total. The van der Waals surface area contributed by atoms with E-state index in [-0.39, 0.29) is 0 Å². The molecular weight excluding hydrogens is 386 g/mol. The zero-order valence-corrected chi connectivity index (χ0v) is 14.4. The van der Waals surface area contributed by atoms with Crippen molar-refractivity contribution in [3.63, 3.8) is 0 Å². The van der Waals surface area contributed by atoms with E-state index < -0.39 is 0 Å². The lowest BCUT2D eigenvalue weighted by Crippen LogP contribution is -2.01. The molecule has 20 heavy (non-hydrogen) atoms. The van der Waals surface area contributed by atoms with Crippen LogP contribution in [0, 0.1) is 0 Å². The minimum absolute atomic E-state index is 0.717. The average molecular weight is 401 g/mol. The largest absolute Gasteiger partial charge is 0.497 e. The predicted molar refractivity (Wildman–Crippen MR) is 88.7 cm³/mol. The van der Waals surface area contributed by atoms with Gasteiger partial charge in [0.2, 0.25) is 0 Å². The first kappa shape index (κ1) is 15.2. The summed E-state index contributed by atoms with van der Waals surface area (Å²) in [5, 5.41) is 3.38. The number of rotatable bonds is 5. The highest BCUT2D eigenvalue weighted by atomic mass is 79.9. The van der Waals surface area contributed by atoms with Gasteiger partial charge in [-0.1, -0.05) is 6.07 Å². The van der Waals surface area contributed by atoms with Crippen LogP contribution in [0.1, 0.15) is 5.56 Å². The molecule has 0 saturated carbocycles. The van der Waals surface area contributed by atoms with Crippen molar-refractivity contribution in [2.24, 2.45) is 0 Å². The lowest BCUT2D eigenvalue weighted by Gasteiger charge is -2.11. The molecule has 0 aliphatic rings. The smallest absolute Gasteiger partial charge is 0.133 e. The molecule has 0 aliphatic heterocycles. The fraction of sp³-hybridized carbons (Fsp3) is 0.200. The molecule has 106 valence electrons. The molecule has 0 spiro atoms. The molecule has 5 heteroatoms. The number of benzene rings is 2. The van der Waals surface area contributed by atoms with Crippen molar-refractivity contribution in [2.45, 2.75) is 6.54 Å². The monoisotopic (exact) mass is 399 g/mol. The van der Waals surface area contributed by atoms with Gasteiger partial charge in [-0.15, -0.1) is 0 Å². The Balaban J connectivity index is 2.10. The highest BCUT2D eigenvalue weighted by Crippen LogP contribution is 2.29. The number of nitrogens with one attached hydrogen (secondary N) is 1. The molecule has 0 amide bonds. The van der Waals surface area contributed by atoms with E-state index in [1.165, 1.54) is 0 Å². The van der Waals surface area contributed by atoms with Crippen LogP contribution in [0.25, 0.3) is 0 Å². The minimum Gasteiger partial charge on any atom is -0.497 e. The zero-order chi connectivity index (χ0) is 14.5. The summed E-state index contributed by atoms with van der Waals surface area (Å²) in [6.45, 7) is 0.717. The lowest BCUT2D eigenvalue weighted by atomic mass is 10.2. The van der Waals surface area contributed by atoms with Gasteiger partial charge in [0, 0.05) is 17.1 Å².